The summed E-state index contributed by atoms with van der Waals surface area (Å²) in [6.07, 6.45) is 4.56. The van der Waals surface area contributed by atoms with Crippen molar-refractivity contribution in [3.8, 4) is 0 Å². The SMILES string of the molecule is Cc1nc2sc3c(c2c2nnc(SCC(=O)Nc4ccccc4F)n12)CCCC3. The minimum absolute atomic E-state index is 0.106. The van der Waals surface area contributed by atoms with E-state index in [1.54, 1.807) is 23.5 Å². The molecule has 0 spiro atoms. The predicted molar refractivity (Wildman–Crippen MR) is 113 cm³/mol. The molecule has 1 aromatic carbocycles. The fraction of sp³-hybridized carbons (Fsp3) is 0.300. The van der Waals surface area contributed by atoms with E-state index in [2.05, 4.69) is 15.5 Å². The van der Waals surface area contributed by atoms with Gasteiger partial charge in [-0.05, 0) is 50.3 Å². The number of aryl methyl sites for hydroxylation is 3. The van der Waals surface area contributed by atoms with Gasteiger partial charge < -0.3 is 5.32 Å². The van der Waals surface area contributed by atoms with Crippen molar-refractivity contribution in [2.45, 2.75) is 37.8 Å². The van der Waals surface area contributed by atoms with E-state index in [0.29, 0.717) is 5.16 Å². The monoisotopic (exact) mass is 427 g/mol. The minimum Gasteiger partial charge on any atom is -0.323 e. The van der Waals surface area contributed by atoms with Crippen molar-refractivity contribution >= 4 is 50.6 Å². The Balaban J connectivity index is 1.44. The van der Waals surface area contributed by atoms with E-state index < -0.39 is 5.82 Å². The molecule has 5 rings (SSSR count). The molecular weight excluding hydrogens is 409 g/mol. The number of anilines is 1. The van der Waals surface area contributed by atoms with E-state index in [4.69, 9.17) is 4.98 Å². The van der Waals surface area contributed by atoms with Crippen LogP contribution in [0.15, 0.2) is 29.4 Å². The smallest absolute Gasteiger partial charge is 0.234 e. The Morgan fingerprint density at radius 2 is 2.10 bits per heavy atom. The van der Waals surface area contributed by atoms with Crippen LogP contribution in [0.25, 0.3) is 15.9 Å². The van der Waals surface area contributed by atoms with Crippen LogP contribution in [0.2, 0.25) is 0 Å². The summed E-state index contributed by atoms with van der Waals surface area (Å²) in [6, 6.07) is 6.12. The molecule has 1 amide bonds. The van der Waals surface area contributed by atoms with Gasteiger partial charge in [0, 0.05) is 4.88 Å². The van der Waals surface area contributed by atoms with Crippen LogP contribution in [0.4, 0.5) is 10.1 Å². The third kappa shape index (κ3) is 3.28. The van der Waals surface area contributed by atoms with Crippen LogP contribution in [0.3, 0.4) is 0 Å². The van der Waals surface area contributed by atoms with Crippen molar-refractivity contribution < 1.29 is 9.18 Å². The zero-order valence-electron chi connectivity index (χ0n) is 15.7. The average molecular weight is 428 g/mol. The molecule has 3 aromatic heterocycles. The predicted octanol–water partition coefficient (Wildman–Crippen LogP) is 4.40. The van der Waals surface area contributed by atoms with Crippen LogP contribution in [0.1, 0.15) is 29.1 Å². The highest BCUT2D eigenvalue weighted by atomic mass is 32.2. The van der Waals surface area contributed by atoms with E-state index in [-0.39, 0.29) is 17.3 Å². The Morgan fingerprint density at radius 3 is 2.97 bits per heavy atom. The quantitative estimate of drug-likeness (QED) is 0.489. The lowest BCUT2D eigenvalue weighted by Crippen LogP contribution is -2.15. The van der Waals surface area contributed by atoms with Gasteiger partial charge in [0.2, 0.25) is 5.91 Å². The number of hydrogen-bond acceptors (Lipinski definition) is 6. The lowest BCUT2D eigenvalue weighted by Gasteiger charge is -2.10. The van der Waals surface area contributed by atoms with Crippen LogP contribution in [0, 0.1) is 12.7 Å². The Kier molecular flexibility index (Phi) is 4.71. The van der Waals surface area contributed by atoms with Gasteiger partial charge in [-0.25, -0.2) is 9.37 Å². The standard InChI is InChI=1S/C20H18FN5OS2/c1-11-22-19-17(12-6-2-5-9-15(12)29-19)18-24-25-20(26(11)18)28-10-16(27)23-14-8-4-3-7-13(14)21/h3-4,7-8H,2,5-6,9-10H2,1H3,(H,23,27). The first kappa shape index (κ1) is 18.5. The van der Waals surface area contributed by atoms with Crippen LogP contribution in [0.5, 0.6) is 0 Å². The molecule has 4 aromatic rings. The second-order valence-electron chi connectivity index (χ2n) is 7.01. The summed E-state index contributed by atoms with van der Waals surface area (Å²) in [5.41, 5.74) is 2.34. The molecule has 29 heavy (non-hydrogen) atoms. The number of benzene rings is 1. The molecule has 0 saturated heterocycles. The molecule has 0 unspecified atom stereocenters. The first-order valence-corrected chi connectivity index (χ1v) is 11.2. The van der Waals surface area contributed by atoms with Crippen molar-refractivity contribution in [3.63, 3.8) is 0 Å². The van der Waals surface area contributed by atoms with E-state index in [9.17, 15) is 9.18 Å². The lowest BCUT2D eigenvalue weighted by molar-refractivity contribution is -0.113. The van der Waals surface area contributed by atoms with Gasteiger partial charge in [-0.15, -0.1) is 21.5 Å². The van der Waals surface area contributed by atoms with Crippen molar-refractivity contribution in [2.75, 3.05) is 11.1 Å². The number of halogens is 1. The van der Waals surface area contributed by atoms with Crippen LogP contribution < -0.4 is 5.32 Å². The molecule has 0 aliphatic heterocycles. The number of nitrogens with one attached hydrogen (secondary N) is 1. The van der Waals surface area contributed by atoms with Gasteiger partial charge in [0.25, 0.3) is 0 Å². The van der Waals surface area contributed by atoms with Gasteiger partial charge in [-0.1, -0.05) is 23.9 Å². The van der Waals surface area contributed by atoms with Gasteiger partial charge in [-0.3, -0.25) is 9.20 Å². The van der Waals surface area contributed by atoms with Crippen LogP contribution >= 0.6 is 23.1 Å². The zero-order valence-corrected chi connectivity index (χ0v) is 17.4. The highest BCUT2D eigenvalue weighted by Gasteiger charge is 2.22. The number of carbonyl (C=O) groups is 1. The largest absolute Gasteiger partial charge is 0.323 e. The summed E-state index contributed by atoms with van der Waals surface area (Å²) >= 11 is 3.03. The highest BCUT2D eigenvalue weighted by Crippen LogP contribution is 2.38. The van der Waals surface area contributed by atoms with Gasteiger partial charge >= 0.3 is 0 Å². The van der Waals surface area contributed by atoms with Crippen molar-refractivity contribution in [2.24, 2.45) is 0 Å². The topological polar surface area (TPSA) is 72.2 Å². The molecule has 6 nitrogen and oxygen atoms in total. The number of hydrogen-bond donors (Lipinski definition) is 1. The number of thioether (sulfide) groups is 1. The lowest BCUT2D eigenvalue weighted by atomic mass is 9.97. The summed E-state index contributed by atoms with van der Waals surface area (Å²) < 4.78 is 15.6. The molecule has 148 valence electrons. The van der Waals surface area contributed by atoms with Crippen molar-refractivity contribution in [1.29, 1.82) is 0 Å². The molecule has 0 atom stereocenters. The molecule has 0 bridgehead atoms. The maximum absolute atomic E-state index is 13.7. The minimum atomic E-state index is -0.455. The normalized spacial score (nSPS) is 13.7. The summed E-state index contributed by atoms with van der Waals surface area (Å²) in [6.45, 7) is 1.93. The van der Waals surface area contributed by atoms with Crippen molar-refractivity contribution in [3.05, 3.63) is 46.3 Å². The Labute approximate surface area is 174 Å². The first-order valence-electron chi connectivity index (χ1n) is 9.45. The number of aromatic nitrogens is 4. The van der Waals surface area contributed by atoms with Gasteiger partial charge in [0.15, 0.2) is 10.8 Å². The summed E-state index contributed by atoms with van der Waals surface area (Å²) in [4.78, 5) is 19.5. The molecule has 1 aliphatic rings. The Hall–Kier alpha value is -2.52. The number of nitrogens with zero attached hydrogens (tertiary/aromatic N) is 4. The summed E-state index contributed by atoms with van der Waals surface area (Å²) in [5, 5.41) is 13.1. The maximum atomic E-state index is 13.7. The number of fused-ring (bicyclic) bond motifs is 5. The van der Waals surface area contributed by atoms with Crippen molar-refractivity contribution in [1.82, 2.24) is 19.6 Å². The molecular formula is C20H18FN5OS2. The molecule has 0 saturated carbocycles. The number of para-hydroxylation sites is 1. The second-order valence-corrected chi connectivity index (χ2v) is 9.03. The van der Waals surface area contributed by atoms with E-state index in [0.717, 1.165) is 34.5 Å². The third-order valence-electron chi connectivity index (χ3n) is 5.08. The third-order valence-corrected chi connectivity index (χ3v) is 7.19. The number of amides is 1. The van der Waals surface area contributed by atoms with Gasteiger partial charge in [0.05, 0.1) is 16.8 Å². The Morgan fingerprint density at radius 1 is 1.28 bits per heavy atom. The molecule has 0 radical (unpaired) electrons. The van der Waals surface area contributed by atoms with Gasteiger partial charge in [0.1, 0.15) is 16.5 Å². The molecule has 0 fully saturated rings. The molecule has 9 heteroatoms. The van der Waals surface area contributed by atoms with E-state index in [1.807, 2.05) is 11.3 Å². The second kappa shape index (κ2) is 7.38. The van der Waals surface area contributed by atoms with Crippen LogP contribution in [-0.4, -0.2) is 31.2 Å². The average Bonchev–Trinajstić information content (AvgIpc) is 3.29. The zero-order chi connectivity index (χ0) is 20.0. The molecule has 3 heterocycles. The Bertz CT molecular complexity index is 1250. The van der Waals surface area contributed by atoms with Gasteiger partial charge in [-0.2, -0.15) is 0 Å². The number of thiophene rings is 1. The van der Waals surface area contributed by atoms with Crippen LogP contribution in [-0.2, 0) is 17.6 Å². The fourth-order valence-electron chi connectivity index (χ4n) is 3.75. The number of rotatable bonds is 4. The molecule has 1 N–H and O–H groups in total. The summed E-state index contributed by atoms with van der Waals surface area (Å²) in [7, 11) is 0. The highest BCUT2D eigenvalue weighted by molar-refractivity contribution is 7.99. The molecule has 1 aliphatic carbocycles. The van der Waals surface area contributed by atoms with E-state index in [1.165, 1.54) is 47.2 Å². The summed E-state index contributed by atoms with van der Waals surface area (Å²) in [5.74, 6) is 0.155. The van der Waals surface area contributed by atoms with E-state index >= 15 is 0 Å². The number of carbonyl (C=O) groups excluding carboxylic acids is 1. The first-order chi connectivity index (χ1) is 14.1. The fourth-order valence-corrected chi connectivity index (χ4v) is 5.83. The maximum Gasteiger partial charge on any atom is 0.234 e.